The summed E-state index contributed by atoms with van der Waals surface area (Å²) in [4.78, 5) is 37.5. The van der Waals surface area contributed by atoms with Crippen LogP contribution in [0.4, 0.5) is 9.52 Å². The van der Waals surface area contributed by atoms with E-state index in [-0.39, 0.29) is 23.8 Å². The second-order valence-corrected chi connectivity index (χ2v) is 9.02. The number of benzene rings is 1. The fraction of sp³-hybridized carbons (Fsp3) is 0.409. The molecule has 0 radical (unpaired) electrons. The minimum Gasteiger partial charge on any atom is -0.348 e. The molecule has 5 rings (SSSR count). The maximum atomic E-state index is 13.6. The van der Waals surface area contributed by atoms with E-state index in [4.69, 9.17) is 4.52 Å². The highest BCUT2D eigenvalue weighted by Crippen LogP contribution is 2.28. The molecule has 3 aromatic heterocycles. The first-order chi connectivity index (χ1) is 16.0. The first-order valence-corrected chi connectivity index (χ1v) is 11.8. The van der Waals surface area contributed by atoms with Crippen molar-refractivity contribution < 1.29 is 8.91 Å². The molecule has 4 heterocycles. The summed E-state index contributed by atoms with van der Waals surface area (Å²) in [6.45, 7) is 3.95. The van der Waals surface area contributed by atoms with Crippen LogP contribution in [0, 0.1) is 5.82 Å². The van der Waals surface area contributed by atoms with Gasteiger partial charge in [0, 0.05) is 25.2 Å². The second kappa shape index (κ2) is 8.89. The Kier molecular flexibility index (Phi) is 5.79. The van der Waals surface area contributed by atoms with Gasteiger partial charge in [-0.1, -0.05) is 35.5 Å². The Morgan fingerprint density at radius 1 is 1.12 bits per heavy atom. The Hall–Kier alpha value is -3.34. The SMILES string of the molecule is CCCn1c(=O)c2sc(N3CCCCC3)nc2n(Cc2nc(-c3cccc(F)c3)no2)c1=O. The number of hydrogen-bond acceptors (Lipinski definition) is 8. The van der Waals surface area contributed by atoms with Crippen LogP contribution in [0.1, 0.15) is 38.5 Å². The number of aromatic nitrogens is 5. The number of anilines is 1. The van der Waals surface area contributed by atoms with Gasteiger partial charge in [0.1, 0.15) is 17.1 Å². The molecule has 0 aliphatic carbocycles. The first-order valence-electron chi connectivity index (χ1n) is 11.0. The summed E-state index contributed by atoms with van der Waals surface area (Å²) in [6, 6.07) is 5.88. The van der Waals surface area contributed by atoms with Crippen molar-refractivity contribution in [3.05, 3.63) is 56.8 Å². The number of rotatable bonds is 6. The third-order valence-electron chi connectivity index (χ3n) is 5.67. The summed E-state index contributed by atoms with van der Waals surface area (Å²) in [5.41, 5.74) is 0.0168. The van der Waals surface area contributed by atoms with Gasteiger partial charge < -0.3 is 9.42 Å². The van der Waals surface area contributed by atoms with Crippen LogP contribution >= 0.6 is 11.3 Å². The van der Waals surface area contributed by atoms with Crippen molar-refractivity contribution in [1.29, 1.82) is 0 Å². The lowest BCUT2D eigenvalue weighted by Gasteiger charge is -2.25. The van der Waals surface area contributed by atoms with E-state index in [0.717, 1.165) is 31.1 Å². The fourth-order valence-corrected chi connectivity index (χ4v) is 5.12. The molecule has 0 bridgehead atoms. The van der Waals surface area contributed by atoms with E-state index in [1.165, 1.54) is 39.0 Å². The molecular weight excluding hydrogens is 447 g/mol. The monoisotopic (exact) mass is 470 g/mol. The average Bonchev–Trinajstić information content (AvgIpc) is 3.48. The molecule has 0 saturated carbocycles. The van der Waals surface area contributed by atoms with Crippen LogP contribution in [0.2, 0.25) is 0 Å². The van der Waals surface area contributed by atoms with Crippen molar-refractivity contribution in [3.63, 3.8) is 0 Å². The molecule has 1 saturated heterocycles. The van der Waals surface area contributed by atoms with Crippen LogP contribution in [-0.4, -0.2) is 37.3 Å². The lowest BCUT2D eigenvalue weighted by molar-refractivity contribution is 0.369. The molecule has 1 aromatic carbocycles. The molecule has 9 nitrogen and oxygen atoms in total. The third kappa shape index (κ3) is 4.08. The molecule has 172 valence electrons. The van der Waals surface area contributed by atoms with E-state index in [1.54, 1.807) is 12.1 Å². The highest BCUT2D eigenvalue weighted by molar-refractivity contribution is 7.22. The van der Waals surface area contributed by atoms with Crippen LogP contribution in [0.3, 0.4) is 0 Å². The topological polar surface area (TPSA) is 99.1 Å². The van der Waals surface area contributed by atoms with Gasteiger partial charge in [-0.3, -0.25) is 13.9 Å². The van der Waals surface area contributed by atoms with Crippen molar-refractivity contribution in [3.8, 4) is 11.4 Å². The Balaban J connectivity index is 1.58. The smallest absolute Gasteiger partial charge is 0.333 e. The van der Waals surface area contributed by atoms with E-state index in [2.05, 4.69) is 20.0 Å². The highest BCUT2D eigenvalue weighted by Gasteiger charge is 2.22. The van der Waals surface area contributed by atoms with E-state index in [9.17, 15) is 14.0 Å². The number of hydrogen-bond donors (Lipinski definition) is 0. The van der Waals surface area contributed by atoms with Crippen LogP contribution in [0.25, 0.3) is 21.7 Å². The van der Waals surface area contributed by atoms with Gasteiger partial charge in [0.15, 0.2) is 10.8 Å². The van der Waals surface area contributed by atoms with Gasteiger partial charge in [0.05, 0.1) is 0 Å². The Bertz CT molecular complexity index is 1420. The summed E-state index contributed by atoms with van der Waals surface area (Å²) in [6.07, 6.45) is 3.98. The fourth-order valence-electron chi connectivity index (χ4n) is 4.05. The summed E-state index contributed by atoms with van der Waals surface area (Å²) in [5.74, 6) is -0.00836. The summed E-state index contributed by atoms with van der Waals surface area (Å²) in [7, 11) is 0. The van der Waals surface area contributed by atoms with Gasteiger partial charge >= 0.3 is 5.69 Å². The molecule has 0 unspecified atom stereocenters. The summed E-state index contributed by atoms with van der Waals surface area (Å²) in [5, 5.41) is 4.67. The molecule has 1 fully saturated rings. The van der Waals surface area contributed by atoms with Crippen LogP contribution < -0.4 is 16.1 Å². The van der Waals surface area contributed by atoms with E-state index in [0.29, 0.717) is 28.9 Å². The lowest BCUT2D eigenvalue weighted by Crippen LogP contribution is -2.40. The number of thiazole rings is 1. The average molecular weight is 471 g/mol. The second-order valence-electron chi connectivity index (χ2n) is 8.04. The minimum absolute atomic E-state index is 0.0369. The Morgan fingerprint density at radius 3 is 2.70 bits per heavy atom. The standard InChI is InChI=1S/C22H23FN6O3S/c1-2-9-28-20(30)17-19(25-21(33-17)27-10-4-3-5-11-27)29(22(28)31)13-16-24-18(26-32-16)14-7-6-8-15(23)12-14/h6-8,12H,2-5,9-11,13H2,1H3. The largest absolute Gasteiger partial charge is 0.348 e. The maximum Gasteiger partial charge on any atom is 0.333 e. The Labute approximate surface area is 192 Å². The zero-order valence-electron chi connectivity index (χ0n) is 18.2. The quantitative estimate of drug-likeness (QED) is 0.426. The van der Waals surface area contributed by atoms with Crippen LogP contribution in [0.15, 0.2) is 38.4 Å². The number of halogens is 1. The van der Waals surface area contributed by atoms with Gasteiger partial charge in [0.25, 0.3) is 5.56 Å². The van der Waals surface area contributed by atoms with Crippen molar-refractivity contribution in [1.82, 2.24) is 24.3 Å². The van der Waals surface area contributed by atoms with Gasteiger partial charge in [-0.15, -0.1) is 0 Å². The zero-order valence-corrected chi connectivity index (χ0v) is 19.0. The minimum atomic E-state index is -0.463. The number of fused-ring (bicyclic) bond motifs is 1. The van der Waals surface area contributed by atoms with Crippen molar-refractivity contribution >= 4 is 26.8 Å². The van der Waals surface area contributed by atoms with E-state index < -0.39 is 11.5 Å². The summed E-state index contributed by atoms with van der Waals surface area (Å²) >= 11 is 1.32. The molecule has 0 N–H and O–H groups in total. The molecule has 0 spiro atoms. The lowest BCUT2D eigenvalue weighted by atomic mass is 10.1. The number of nitrogens with zero attached hydrogens (tertiary/aromatic N) is 6. The normalized spacial score (nSPS) is 14.3. The van der Waals surface area contributed by atoms with E-state index in [1.807, 2.05) is 6.92 Å². The van der Waals surface area contributed by atoms with Gasteiger partial charge in [-0.2, -0.15) is 4.98 Å². The van der Waals surface area contributed by atoms with Crippen LogP contribution in [-0.2, 0) is 13.1 Å². The van der Waals surface area contributed by atoms with Gasteiger partial charge in [-0.05, 0) is 37.8 Å². The molecule has 4 aromatic rings. The first kappa shape index (κ1) is 21.5. The molecular formula is C22H23FN6O3S. The van der Waals surface area contributed by atoms with Gasteiger partial charge in [0.2, 0.25) is 11.7 Å². The number of piperidine rings is 1. The molecule has 1 aliphatic rings. The molecule has 11 heteroatoms. The third-order valence-corrected chi connectivity index (χ3v) is 6.77. The molecule has 0 amide bonds. The predicted molar refractivity (Wildman–Crippen MR) is 123 cm³/mol. The van der Waals surface area contributed by atoms with Crippen molar-refractivity contribution in [2.75, 3.05) is 18.0 Å². The Morgan fingerprint density at radius 2 is 1.94 bits per heavy atom. The maximum absolute atomic E-state index is 13.6. The molecule has 33 heavy (non-hydrogen) atoms. The van der Waals surface area contributed by atoms with E-state index >= 15 is 0 Å². The van der Waals surface area contributed by atoms with Crippen molar-refractivity contribution in [2.45, 2.75) is 45.7 Å². The molecule has 1 aliphatic heterocycles. The predicted octanol–water partition coefficient (Wildman–Crippen LogP) is 3.26. The summed E-state index contributed by atoms with van der Waals surface area (Å²) < 4.78 is 22.0. The molecule has 0 atom stereocenters. The van der Waals surface area contributed by atoms with Crippen LogP contribution in [0.5, 0.6) is 0 Å². The van der Waals surface area contributed by atoms with Gasteiger partial charge in [-0.25, -0.2) is 14.2 Å². The zero-order chi connectivity index (χ0) is 22.9. The highest BCUT2D eigenvalue weighted by atomic mass is 32.1. The van der Waals surface area contributed by atoms with Crippen molar-refractivity contribution in [2.24, 2.45) is 0 Å².